The fraction of sp³-hybridized carbons (Fsp3) is 1.00. The minimum Gasteiger partial charge on any atom is -0.385 e. The Labute approximate surface area is 82.0 Å². The second kappa shape index (κ2) is 4.97. The Kier molecular flexibility index (Phi) is 4.20. The van der Waals surface area contributed by atoms with Crippen molar-refractivity contribution in [3.05, 3.63) is 0 Å². The molecule has 1 aliphatic rings. The number of ether oxygens (including phenoxy) is 1. The van der Waals surface area contributed by atoms with Crippen molar-refractivity contribution < 1.29 is 4.74 Å². The van der Waals surface area contributed by atoms with Crippen molar-refractivity contribution in [3.8, 4) is 0 Å². The van der Waals surface area contributed by atoms with Crippen LogP contribution in [-0.4, -0.2) is 26.3 Å². The molecule has 1 atom stereocenters. The molecule has 0 radical (unpaired) electrons. The van der Waals surface area contributed by atoms with Crippen LogP contribution in [0, 0.1) is 5.41 Å². The lowest BCUT2D eigenvalue weighted by molar-refractivity contribution is 0.189. The zero-order valence-electron chi connectivity index (χ0n) is 9.23. The van der Waals surface area contributed by atoms with Gasteiger partial charge in [-0.15, -0.1) is 0 Å². The van der Waals surface area contributed by atoms with Gasteiger partial charge in [-0.05, 0) is 31.2 Å². The SMILES string of the molecule is COCCCNC1CCCC1(C)C. The first kappa shape index (κ1) is 11.0. The Hall–Kier alpha value is -0.0800. The topological polar surface area (TPSA) is 21.3 Å². The van der Waals surface area contributed by atoms with Gasteiger partial charge in [0.25, 0.3) is 0 Å². The highest BCUT2D eigenvalue weighted by Crippen LogP contribution is 2.36. The Morgan fingerprint density at radius 1 is 1.46 bits per heavy atom. The van der Waals surface area contributed by atoms with Crippen LogP contribution in [0.5, 0.6) is 0 Å². The number of methoxy groups -OCH3 is 1. The van der Waals surface area contributed by atoms with Gasteiger partial charge in [-0.2, -0.15) is 0 Å². The largest absolute Gasteiger partial charge is 0.385 e. The van der Waals surface area contributed by atoms with Crippen molar-refractivity contribution in [2.24, 2.45) is 5.41 Å². The van der Waals surface area contributed by atoms with Crippen LogP contribution in [0.4, 0.5) is 0 Å². The average Bonchev–Trinajstić information content (AvgIpc) is 2.40. The maximum absolute atomic E-state index is 5.02. The third-order valence-electron chi connectivity index (χ3n) is 3.17. The van der Waals surface area contributed by atoms with E-state index in [0.29, 0.717) is 5.41 Å². The van der Waals surface area contributed by atoms with Crippen LogP contribution in [0.15, 0.2) is 0 Å². The van der Waals surface area contributed by atoms with E-state index >= 15 is 0 Å². The molecule has 2 nitrogen and oxygen atoms in total. The summed E-state index contributed by atoms with van der Waals surface area (Å²) in [7, 11) is 1.76. The minimum atomic E-state index is 0.507. The third-order valence-corrected chi connectivity index (χ3v) is 3.17. The van der Waals surface area contributed by atoms with Crippen LogP contribution in [0.2, 0.25) is 0 Å². The molecule has 1 rings (SSSR count). The summed E-state index contributed by atoms with van der Waals surface area (Å²) in [4.78, 5) is 0. The summed E-state index contributed by atoms with van der Waals surface area (Å²) in [5.41, 5.74) is 0.507. The maximum atomic E-state index is 5.02. The molecule has 0 saturated heterocycles. The van der Waals surface area contributed by atoms with Gasteiger partial charge in [0, 0.05) is 19.8 Å². The molecule has 0 spiro atoms. The van der Waals surface area contributed by atoms with Gasteiger partial charge in [0.15, 0.2) is 0 Å². The monoisotopic (exact) mass is 185 g/mol. The van der Waals surface area contributed by atoms with Gasteiger partial charge < -0.3 is 10.1 Å². The van der Waals surface area contributed by atoms with E-state index < -0.39 is 0 Å². The fourth-order valence-corrected chi connectivity index (χ4v) is 2.20. The summed E-state index contributed by atoms with van der Waals surface area (Å²) < 4.78 is 5.02. The Morgan fingerprint density at radius 2 is 2.23 bits per heavy atom. The summed E-state index contributed by atoms with van der Waals surface area (Å²) >= 11 is 0. The Bertz CT molecular complexity index is 145. The van der Waals surface area contributed by atoms with Crippen LogP contribution >= 0.6 is 0 Å². The van der Waals surface area contributed by atoms with Crippen LogP contribution < -0.4 is 5.32 Å². The molecule has 0 aromatic rings. The van der Waals surface area contributed by atoms with Crippen molar-refractivity contribution in [2.75, 3.05) is 20.3 Å². The van der Waals surface area contributed by atoms with Crippen molar-refractivity contribution in [3.63, 3.8) is 0 Å². The average molecular weight is 185 g/mol. The summed E-state index contributed by atoms with van der Waals surface area (Å²) in [6.07, 6.45) is 5.23. The lowest BCUT2D eigenvalue weighted by atomic mass is 9.87. The Balaban J connectivity index is 2.14. The third kappa shape index (κ3) is 3.28. The highest BCUT2D eigenvalue weighted by molar-refractivity contribution is 4.89. The summed E-state index contributed by atoms with van der Waals surface area (Å²) in [6, 6.07) is 0.726. The molecule has 13 heavy (non-hydrogen) atoms. The predicted octanol–water partition coefficient (Wildman–Crippen LogP) is 2.19. The molecule has 0 heterocycles. The molecule has 0 aromatic carbocycles. The maximum Gasteiger partial charge on any atom is 0.0474 e. The van der Waals surface area contributed by atoms with Crippen molar-refractivity contribution in [2.45, 2.75) is 45.6 Å². The van der Waals surface area contributed by atoms with E-state index in [1.165, 1.54) is 19.3 Å². The van der Waals surface area contributed by atoms with Crippen LogP contribution in [-0.2, 0) is 4.74 Å². The first-order valence-corrected chi connectivity index (χ1v) is 5.39. The second-order valence-electron chi connectivity index (χ2n) is 4.73. The van der Waals surface area contributed by atoms with Crippen LogP contribution in [0.3, 0.4) is 0 Å². The normalized spacial score (nSPS) is 26.5. The van der Waals surface area contributed by atoms with E-state index in [-0.39, 0.29) is 0 Å². The predicted molar refractivity (Wildman–Crippen MR) is 55.9 cm³/mol. The smallest absolute Gasteiger partial charge is 0.0474 e. The van der Waals surface area contributed by atoms with Gasteiger partial charge >= 0.3 is 0 Å². The minimum absolute atomic E-state index is 0.507. The van der Waals surface area contributed by atoms with Gasteiger partial charge in [0.2, 0.25) is 0 Å². The molecule has 0 aliphatic heterocycles. The molecular formula is C11H23NO. The molecule has 2 heteroatoms. The highest BCUT2D eigenvalue weighted by atomic mass is 16.5. The summed E-state index contributed by atoms with van der Waals surface area (Å²) in [5.74, 6) is 0. The van der Waals surface area contributed by atoms with Gasteiger partial charge in [-0.3, -0.25) is 0 Å². The van der Waals surface area contributed by atoms with Crippen LogP contribution in [0.1, 0.15) is 39.5 Å². The number of hydrogen-bond acceptors (Lipinski definition) is 2. The van der Waals surface area contributed by atoms with Crippen molar-refractivity contribution in [1.29, 1.82) is 0 Å². The van der Waals surface area contributed by atoms with Crippen LogP contribution in [0.25, 0.3) is 0 Å². The van der Waals surface area contributed by atoms with E-state index in [9.17, 15) is 0 Å². The first-order valence-electron chi connectivity index (χ1n) is 5.39. The lowest BCUT2D eigenvalue weighted by Gasteiger charge is -2.27. The molecular weight excluding hydrogens is 162 g/mol. The van der Waals surface area contributed by atoms with Gasteiger partial charge in [-0.1, -0.05) is 20.3 Å². The van der Waals surface area contributed by atoms with Gasteiger partial charge in [0.05, 0.1) is 0 Å². The summed E-state index contributed by atoms with van der Waals surface area (Å²) in [6.45, 7) is 6.71. The van der Waals surface area contributed by atoms with E-state index in [2.05, 4.69) is 19.2 Å². The molecule has 0 aromatic heterocycles. The number of rotatable bonds is 5. The Morgan fingerprint density at radius 3 is 2.77 bits per heavy atom. The molecule has 1 N–H and O–H groups in total. The molecule has 0 bridgehead atoms. The van der Waals surface area contributed by atoms with Gasteiger partial charge in [-0.25, -0.2) is 0 Å². The molecule has 1 fully saturated rings. The molecule has 1 saturated carbocycles. The quantitative estimate of drug-likeness (QED) is 0.663. The second-order valence-corrected chi connectivity index (χ2v) is 4.73. The fourth-order valence-electron chi connectivity index (χ4n) is 2.20. The van der Waals surface area contributed by atoms with E-state index in [1.807, 2.05) is 0 Å². The molecule has 1 aliphatic carbocycles. The number of nitrogens with one attached hydrogen (secondary N) is 1. The van der Waals surface area contributed by atoms with E-state index in [0.717, 1.165) is 25.6 Å². The zero-order chi connectivity index (χ0) is 9.73. The van der Waals surface area contributed by atoms with Crippen molar-refractivity contribution >= 4 is 0 Å². The highest BCUT2D eigenvalue weighted by Gasteiger charge is 2.33. The summed E-state index contributed by atoms with van der Waals surface area (Å²) in [5, 5.41) is 3.63. The first-order chi connectivity index (χ1) is 6.17. The van der Waals surface area contributed by atoms with E-state index in [4.69, 9.17) is 4.74 Å². The molecule has 78 valence electrons. The molecule has 1 unspecified atom stereocenters. The zero-order valence-corrected chi connectivity index (χ0v) is 9.23. The van der Waals surface area contributed by atoms with Gasteiger partial charge in [0.1, 0.15) is 0 Å². The lowest BCUT2D eigenvalue weighted by Crippen LogP contribution is -2.38. The van der Waals surface area contributed by atoms with Crippen molar-refractivity contribution in [1.82, 2.24) is 5.32 Å². The number of hydrogen-bond donors (Lipinski definition) is 1. The van der Waals surface area contributed by atoms with E-state index in [1.54, 1.807) is 7.11 Å². The standard InChI is InChI=1S/C11H23NO/c1-11(2)7-4-6-10(11)12-8-5-9-13-3/h10,12H,4-9H2,1-3H3. The molecule has 0 amide bonds.